The molecule has 0 aromatic heterocycles. The fourth-order valence-corrected chi connectivity index (χ4v) is 12.1. The normalized spacial score (nSPS) is 14.4. The summed E-state index contributed by atoms with van der Waals surface area (Å²) in [6.45, 7) is 9.54. The Bertz CT molecular complexity index is 1740. The van der Waals surface area contributed by atoms with Crippen LogP contribution < -0.4 is 0 Å². The van der Waals surface area contributed by atoms with Crippen LogP contribution in [0, 0.1) is 11.8 Å². The summed E-state index contributed by atoms with van der Waals surface area (Å²) in [6, 6.07) is 0. The van der Waals surface area contributed by atoms with Crippen molar-refractivity contribution in [1.82, 2.24) is 0 Å². The Labute approximate surface area is 543 Å². The van der Waals surface area contributed by atoms with E-state index in [2.05, 4.69) is 41.5 Å². The minimum atomic E-state index is -4.95. The Morgan fingerprint density at radius 1 is 0.326 bits per heavy atom. The highest BCUT2D eigenvalue weighted by molar-refractivity contribution is 7.47. The second kappa shape index (κ2) is 62.2. The Morgan fingerprint density at radius 3 is 0.854 bits per heavy atom. The van der Waals surface area contributed by atoms with Crippen molar-refractivity contribution >= 4 is 39.5 Å². The van der Waals surface area contributed by atoms with Gasteiger partial charge in [0.15, 0.2) is 12.2 Å². The minimum absolute atomic E-state index is 0.106. The van der Waals surface area contributed by atoms with E-state index in [1.54, 1.807) is 0 Å². The number of hydrogen-bond donors (Lipinski definition) is 3. The van der Waals surface area contributed by atoms with E-state index in [1.165, 1.54) is 173 Å². The predicted octanol–water partition coefficient (Wildman–Crippen LogP) is 20.0. The van der Waals surface area contributed by atoms with E-state index >= 15 is 0 Å². The number of phosphoric acid groups is 2. The molecule has 17 nitrogen and oxygen atoms in total. The van der Waals surface area contributed by atoms with E-state index in [0.717, 1.165) is 102 Å². The third-order valence-electron chi connectivity index (χ3n) is 16.6. The van der Waals surface area contributed by atoms with Crippen molar-refractivity contribution in [1.29, 1.82) is 0 Å². The molecule has 0 aromatic rings. The maximum atomic E-state index is 13.0. The zero-order chi connectivity index (χ0) is 65.7. The number of carbonyl (C=O) groups excluding carboxylic acids is 4. The highest BCUT2D eigenvalue weighted by atomic mass is 31.2. The van der Waals surface area contributed by atoms with Gasteiger partial charge in [-0.15, -0.1) is 0 Å². The zero-order valence-corrected chi connectivity index (χ0v) is 59.5. The summed E-state index contributed by atoms with van der Waals surface area (Å²) in [7, 11) is -9.90. The lowest BCUT2D eigenvalue weighted by atomic mass is 9.99. The number of rotatable bonds is 69. The Morgan fingerprint density at radius 2 is 0.573 bits per heavy atom. The first-order valence-electron chi connectivity index (χ1n) is 36.5. The Hall–Kier alpha value is -1.94. The van der Waals surface area contributed by atoms with Crippen LogP contribution in [0.5, 0.6) is 0 Å². The number of ether oxygens (including phenoxy) is 4. The first kappa shape index (κ1) is 87.1. The third-order valence-corrected chi connectivity index (χ3v) is 18.5. The number of unbranched alkanes of at least 4 members (excludes halogenated alkanes) is 38. The van der Waals surface area contributed by atoms with Crippen molar-refractivity contribution in [3.8, 4) is 0 Å². The molecule has 0 rings (SSSR count). The average Bonchev–Trinajstić information content (AvgIpc) is 3.72. The number of hydrogen-bond acceptors (Lipinski definition) is 15. The van der Waals surface area contributed by atoms with E-state index in [1.807, 2.05) is 0 Å². The van der Waals surface area contributed by atoms with Gasteiger partial charge < -0.3 is 33.8 Å². The molecule has 0 saturated heterocycles. The summed E-state index contributed by atoms with van der Waals surface area (Å²) in [4.78, 5) is 72.6. The van der Waals surface area contributed by atoms with Crippen LogP contribution in [-0.2, 0) is 65.4 Å². The number of esters is 4. The molecule has 3 unspecified atom stereocenters. The van der Waals surface area contributed by atoms with Crippen LogP contribution in [-0.4, -0.2) is 96.7 Å². The van der Waals surface area contributed by atoms with Gasteiger partial charge in [-0.3, -0.25) is 37.3 Å². The number of phosphoric ester groups is 2. The predicted molar refractivity (Wildman–Crippen MR) is 358 cm³/mol. The SMILES string of the molecule is CCCCCCCCCCCCCCC(=O)OC[C@H](COP(=O)(O)OC[C@H](O)COP(=O)(O)OC[C@@H](COC(=O)CCCCCCCCCCC(C)CC)OC(=O)CCCCCCCCCCCCC(C)C)OC(=O)CCCCCCCCCCCCCC. The molecule has 0 aromatic carbocycles. The van der Waals surface area contributed by atoms with E-state index in [-0.39, 0.29) is 25.7 Å². The molecule has 0 bridgehead atoms. The standard InChI is InChI=1S/C70H136O17P2/c1-7-10-12-14-16-18-20-22-27-34-40-46-52-67(72)80-58-65(86-69(74)54-48-42-36-28-23-21-19-17-15-13-11-8-2)60-84-88(76,77)82-56-64(71)57-83-89(78,79)85-61-66(59-81-68(73)53-47-41-35-31-30-33-39-45-51-63(6)9-3)87-70(75)55-49-43-37-29-25-24-26-32-38-44-50-62(4)5/h62-66,71H,7-61H2,1-6H3,(H,76,77)(H,78,79)/t63?,64-,65+,66+/m0/s1. The first-order chi connectivity index (χ1) is 42.9. The highest BCUT2D eigenvalue weighted by Crippen LogP contribution is 2.45. The van der Waals surface area contributed by atoms with E-state index < -0.39 is 97.5 Å². The van der Waals surface area contributed by atoms with Crippen LogP contribution in [0.1, 0.15) is 356 Å². The molecular formula is C70H136O17P2. The maximum absolute atomic E-state index is 13.0. The summed E-state index contributed by atoms with van der Waals surface area (Å²) in [5, 5.41) is 10.6. The van der Waals surface area contributed by atoms with Crippen molar-refractivity contribution in [2.24, 2.45) is 11.8 Å². The molecule has 0 radical (unpaired) electrons. The van der Waals surface area contributed by atoms with Crippen molar-refractivity contribution in [2.45, 2.75) is 374 Å². The first-order valence-corrected chi connectivity index (χ1v) is 39.5. The van der Waals surface area contributed by atoms with Crippen LogP contribution in [0.2, 0.25) is 0 Å². The maximum Gasteiger partial charge on any atom is 0.472 e. The summed E-state index contributed by atoms with van der Waals surface area (Å²) in [5.41, 5.74) is 0. The number of aliphatic hydroxyl groups is 1. The van der Waals surface area contributed by atoms with Crippen molar-refractivity contribution in [3.05, 3.63) is 0 Å². The van der Waals surface area contributed by atoms with Gasteiger partial charge in [-0.25, -0.2) is 9.13 Å². The van der Waals surface area contributed by atoms with Gasteiger partial charge in [0, 0.05) is 25.7 Å². The largest absolute Gasteiger partial charge is 0.472 e. The van der Waals surface area contributed by atoms with Gasteiger partial charge in [0.1, 0.15) is 19.3 Å². The molecule has 0 aliphatic rings. The lowest BCUT2D eigenvalue weighted by Gasteiger charge is -2.21. The number of carbonyl (C=O) groups is 4. The van der Waals surface area contributed by atoms with Gasteiger partial charge in [-0.1, -0.05) is 305 Å². The molecular weight excluding hydrogens is 1170 g/mol. The van der Waals surface area contributed by atoms with Gasteiger partial charge in [-0.2, -0.15) is 0 Å². The van der Waals surface area contributed by atoms with Gasteiger partial charge in [-0.05, 0) is 37.5 Å². The van der Waals surface area contributed by atoms with Crippen LogP contribution >= 0.6 is 15.6 Å². The van der Waals surface area contributed by atoms with Gasteiger partial charge >= 0.3 is 39.5 Å². The van der Waals surface area contributed by atoms with Gasteiger partial charge in [0.2, 0.25) is 0 Å². The molecule has 6 atom stereocenters. The van der Waals surface area contributed by atoms with Crippen molar-refractivity contribution in [2.75, 3.05) is 39.6 Å². The molecule has 0 aliphatic carbocycles. The van der Waals surface area contributed by atoms with E-state index in [0.29, 0.717) is 25.7 Å². The molecule has 0 spiro atoms. The van der Waals surface area contributed by atoms with Crippen LogP contribution in [0.15, 0.2) is 0 Å². The van der Waals surface area contributed by atoms with Gasteiger partial charge in [0.05, 0.1) is 26.4 Å². The summed E-state index contributed by atoms with van der Waals surface area (Å²) < 4.78 is 68.3. The molecule has 89 heavy (non-hydrogen) atoms. The fraction of sp³-hybridized carbons (Fsp3) is 0.943. The summed E-state index contributed by atoms with van der Waals surface area (Å²) >= 11 is 0. The molecule has 0 amide bonds. The quantitative estimate of drug-likeness (QED) is 0.0222. The van der Waals surface area contributed by atoms with E-state index in [9.17, 15) is 43.2 Å². The molecule has 528 valence electrons. The summed E-state index contributed by atoms with van der Waals surface area (Å²) in [5.74, 6) is -0.593. The Kier molecular flexibility index (Phi) is 60.8. The molecule has 0 aliphatic heterocycles. The fourth-order valence-electron chi connectivity index (χ4n) is 10.6. The minimum Gasteiger partial charge on any atom is -0.462 e. The van der Waals surface area contributed by atoms with Crippen LogP contribution in [0.3, 0.4) is 0 Å². The molecule has 19 heteroatoms. The second-order valence-electron chi connectivity index (χ2n) is 26.0. The molecule has 3 N–H and O–H groups in total. The average molecular weight is 1310 g/mol. The topological polar surface area (TPSA) is 237 Å². The Balaban J connectivity index is 5.26. The van der Waals surface area contributed by atoms with Crippen LogP contribution in [0.4, 0.5) is 0 Å². The third kappa shape index (κ3) is 63.2. The smallest absolute Gasteiger partial charge is 0.462 e. The molecule has 0 saturated carbocycles. The summed E-state index contributed by atoms with van der Waals surface area (Å²) in [6.07, 6.45) is 47.0. The molecule has 0 fully saturated rings. The monoisotopic (exact) mass is 1310 g/mol. The lowest BCUT2D eigenvalue weighted by molar-refractivity contribution is -0.161. The van der Waals surface area contributed by atoms with Gasteiger partial charge in [0.25, 0.3) is 0 Å². The van der Waals surface area contributed by atoms with Crippen LogP contribution in [0.25, 0.3) is 0 Å². The highest BCUT2D eigenvalue weighted by Gasteiger charge is 2.30. The van der Waals surface area contributed by atoms with Crippen molar-refractivity contribution in [3.63, 3.8) is 0 Å². The van der Waals surface area contributed by atoms with E-state index in [4.69, 9.17) is 37.0 Å². The lowest BCUT2D eigenvalue weighted by Crippen LogP contribution is -2.30. The number of aliphatic hydroxyl groups excluding tert-OH is 1. The zero-order valence-electron chi connectivity index (χ0n) is 57.7. The molecule has 0 heterocycles. The second-order valence-corrected chi connectivity index (χ2v) is 28.9. The van der Waals surface area contributed by atoms with Crippen molar-refractivity contribution < 1.29 is 80.2 Å².